The van der Waals surface area contributed by atoms with Gasteiger partial charge in [-0.3, -0.25) is 9.59 Å². The average molecular weight is 474 g/mol. The Labute approximate surface area is 190 Å². The summed E-state index contributed by atoms with van der Waals surface area (Å²) in [5, 5.41) is 4.23. The van der Waals surface area contributed by atoms with Crippen molar-refractivity contribution in [3.63, 3.8) is 0 Å². The lowest BCUT2D eigenvalue weighted by Crippen LogP contribution is -2.46. The second-order valence-electron chi connectivity index (χ2n) is 6.42. The Kier molecular flexibility index (Phi) is 9.63. The number of nitrogens with zero attached hydrogens (tertiary/aromatic N) is 1. The summed E-state index contributed by atoms with van der Waals surface area (Å²) in [7, 11) is 1.55. The summed E-state index contributed by atoms with van der Waals surface area (Å²) in [4.78, 5) is 27.7. The van der Waals surface area contributed by atoms with Crippen LogP contribution in [0.2, 0.25) is 15.1 Å². The number of hydrogen-bond acceptors (Lipinski definition) is 3. The first-order chi connectivity index (χ1) is 13.8. The van der Waals surface area contributed by atoms with Gasteiger partial charge in [-0.25, -0.2) is 0 Å². The summed E-state index contributed by atoms with van der Waals surface area (Å²) in [6.45, 7) is 1.88. The molecule has 2 rings (SSSR count). The molecule has 0 saturated carbocycles. The molecule has 156 valence electrons. The van der Waals surface area contributed by atoms with Gasteiger partial charge in [0.25, 0.3) is 0 Å². The molecule has 4 nitrogen and oxygen atoms in total. The van der Waals surface area contributed by atoms with Crippen molar-refractivity contribution in [1.29, 1.82) is 0 Å². The Morgan fingerprint density at radius 2 is 1.69 bits per heavy atom. The molecule has 0 aliphatic heterocycles. The molecule has 0 radical (unpaired) electrons. The van der Waals surface area contributed by atoms with Gasteiger partial charge >= 0.3 is 0 Å². The summed E-state index contributed by atoms with van der Waals surface area (Å²) in [5.41, 5.74) is 0.635. The summed E-state index contributed by atoms with van der Waals surface area (Å²) < 4.78 is 0. The number of hydrogen-bond donors (Lipinski definition) is 1. The van der Waals surface area contributed by atoms with Crippen molar-refractivity contribution in [1.82, 2.24) is 10.2 Å². The van der Waals surface area contributed by atoms with Gasteiger partial charge in [0, 0.05) is 45.5 Å². The second-order valence-corrected chi connectivity index (χ2v) is 8.84. The van der Waals surface area contributed by atoms with Crippen LogP contribution >= 0.6 is 46.6 Å². The van der Waals surface area contributed by atoms with E-state index in [-0.39, 0.29) is 18.4 Å². The standard InChI is InChI=1S/C21H23Cl3N2O2S/c1-14(21(28)25-2)26(13-17-18(23)5-3-6-19(17)24)20(27)7-4-12-29-16-10-8-15(22)9-11-16/h3,5-6,8-11,14H,4,7,12-13H2,1-2H3,(H,25,28). The number of amides is 2. The van der Waals surface area contributed by atoms with Crippen molar-refractivity contribution in [2.45, 2.75) is 37.2 Å². The van der Waals surface area contributed by atoms with Crippen LogP contribution < -0.4 is 5.32 Å². The lowest BCUT2D eigenvalue weighted by Gasteiger charge is -2.29. The van der Waals surface area contributed by atoms with Crippen LogP contribution in [-0.2, 0) is 16.1 Å². The van der Waals surface area contributed by atoms with E-state index in [0.29, 0.717) is 33.5 Å². The number of carbonyl (C=O) groups excluding carboxylic acids is 2. The highest BCUT2D eigenvalue weighted by molar-refractivity contribution is 7.99. The zero-order chi connectivity index (χ0) is 21.4. The first kappa shape index (κ1) is 23.9. The van der Waals surface area contributed by atoms with Crippen molar-refractivity contribution in [3.8, 4) is 0 Å². The third kappa shape index (κ3) is 7.10. The normalized spacial score (nSPS) is 11.8. The third-order valence-corrected chi connectivity index (χ3v) is 6.48. The molecule has 0 heterocycles. The van der Waals surface area contributed by atoms with Crippen LogP contribution in [-0.4, -0.2) is 35.6 Å². The maximum Gasteiger partial charge on any atom is 0.242 e. The molecule has 0 aromatic heterocycles. The second kappa shape index (κ2) is 11.7. The van der Waals surface area contributed by atoms with Gasteiger partial charge in [-0.2, -0.15) is 0 Å². The number of halogens is 3. The Morgan fingerprint density at radius 1 is 1.07 bits per heavy atom. The number of benzene rings is 2. The fraction of sp³-hybridized carbons (Fsp3) is 0.333. The van der Waals surface area contributed by atoms with Crippen LogP contribution in [0.1, 0.15) is 25.3 Å². The SMILES string of the molecule is CNC(=O)C(C)N(Cc1c(Cl)cccc1Cl)C(=O)CCCSc1ccc(Cl)cc1. The van der Waals surface area contributed by atoms with E-state index in [1.165, 1.54) is 4.90 Å². The van der Waals surface area contributed by atoms with E-state index in [0.717, 1.165) is 10.6 Å². The Morgan fingerprint density at radius 3 is 2.28 bits per heavy atom. The first-order valence-electron chi connectivity index (χ1n) is 9.15. The van der Waals surface area contributed by atoms with E-state index in [4.69, 9.17) is 34.8 Å². The molecule has 2 aromatic rings. The Balaban J connectivity index is 2.02. The Hall–Kier alpha value is -1.40. The molecule has 29 heavy (non-hydrogen) atoms. The molecular weight excluding hydrogens is 451 g/mol. The zero-order valence-corrected chi connectivity index (χ0v) is 19.3. The van der Waals surface area contributed by atoms with Gasteiger partial charge in [0.05, 0.1) is 0 Å². The first-order valence-corrected chi connectivity index (χ1v) is 11.3. The van der Waals surface area contributed by atoms with Gasteiger partial charge in [-0.1, -0.05) is 40.9 Å². The molecule has 1 atom stereocenters. The number of nitrogens with one attached hydrogen (secondary N) is 1. The predicted octanol–water partition coefficient (Wildman–Crippen LogP) is 5.68. The molecule has 2 amide bonds. The highest BCUT2D eigenvalue weighted by Gasteiger charge is 2.26. The fourth-order valence-corrected chi connectivity index (χ4v) is 4.23. The maximum atomic E-state index is 12.9. The minimum Gasteiger partial charge on any atom is -0.357 e. The molecule has 8 heteroatoms. The lowest BCUT2D eigenvalue weighted by atomic mass is 10.1. The zero-order valence-electron chi connectivity index (χ0n) is 16.3. The third-order valence-electron chi connectivity index (χ3n) is 4.42. The van der Waals surface area contributed by atoms with E-state index in [1.807, 2.05) is 24.3 Å². The highest BCUT2D eigenvalue weighted by atomic mass is 35.5. The minimum atomic E-state index is -0.635. The molecule has 0 spiro atoms. The molecule has 0 bridgehead atoms. The highest BCUT2D eigenvalue weighted by Crippen LogP contribution is 2.27. The summed E-state index contributed by atoms with van der Waals surface area (Å²) >= 11 is 20.1. The van der Waals surface area contributed by atoms with Gasteiger partial charge in [0.2, 0.25) is 11.8 Å². The number of thioether (sulfide) groups is 1. The topological polar surface area (TPSA) is 49.4 Å². The van der Waals surface area contributed by atoms with Gasteiger partial charge in [-0.05, 0) is 55.5 Å². The van der Waals surface area contributed by atoms with Crippen LogP contribution in [0.25, 0.3) is 0 Å². The van der Waals surface area contributed by atoms with Crippen LogP contribution in [0.4, 0.5) is 0 Å². The van der Waals surface area contributed by atoms with E-state index < -0.39 is 6.04 Å². The molecule has 0 saturated heterocycles. The maximum absolute atomic E-state index is 12.9. The van der Waals surface area contributed by atoms with E-state index >= 15 is 0 Å². The van der Waals surface area contributed by atoms with Crippen molar-refractivity contribution in [2.75, 3.05) is 12.8 Å². The quantitative estimate of drug-likeness (QED) is 0.376. The van der Waals surface area contributed by atoms with E-state index in [9.17, 15) is 9.59 Å². The van der Waals surface area contributed by atoms with Crippen LogP contribution in [0.5, 0.6) is 0 Å². The largest absolute Gasteiger partial charge is 0.357 e. The smallest absolute Gasteiger partial charge is 0.242 e. The summed E-state index contributed by atoms with van der Waals surface area (Å²) in [6.07, 6.45) is 1.00. The Bertz CT molecular complexity index is 826. The van der Waals surface area contributed by atoms with E-state index in [1.54, 1.807) is 43.9 Å². The van der Waals surface area contributed by atoms with Crippen molar-refractivity contribution >= 4 is 58.4 Å². The molecule has 1 unspecified atom stereocenters. The molecule has 0 aliphatic rings. The lowest BCUT2D eigenvalue weighted by molar-refractivity contribution is -0.140. The molecular formula is C21H23Cl3N2O2S. The van der Waals surface area contributed by atoms with Crippen LogP contribution in [0.3, 0.4) is 0 Å². The minimum absolute atomic E-state index is 0.117. The number of carbonyl (C=O) groups is 2. The molecule has 0 fully saturated rings. The van der Waals surface area contributed by atoms with E-state index in [2.05, 4.69) is 5.32 Å². The fourth-order valence-electron chi connectivity index (χ4n) is 2.73. The average Bonchev–Trinajstić information content (AvgIpc) is 2.71. The van der Waals surface area contributed by atoms with Gasteiger partial charge < -0.3 is 10.2 Å². The van der Waals surface area contributed by atoms with Crippen molar-refractivity contribution in [2.24, 2.45) is 0 Å². The van der Waals surface area contributed by atoms with Crippen molar-refractivity contribution < 1.29 is 9.59 Å². The predicted molar refractivity (Wildman–Crippen MR) is 122 cm³/mol. The molecule has 1 N–H and O–H groups in total. The summed E-state index contributed by atoms with van der Waals surface area (Å²) in [6, 6.07) is 12.1. The summed E-state index contributed by atoms with van der Waals surface area (Å²) in [5.74, 6) is 0.424. The number of likely N-dealkylation sites (N-methyl/N-ethyl adjacent to an activating group) is 1. The van der Waals surface area contributed by atoms with Crippen LogP contribution in [0, 0.1) is 0 Å². The van der Waals surface area contributed by atoms with Gasteiger partial charge in [-0.15, -0.1) is 11.8 Å². The van der Waals surface area contributed by atoms with Crippen LogP contribution in [0.15, 0.2) is 47.4 Å². The number of rotatable bonds is 9. The monoisotopic (exact) mass is 472 g/mol. The molecule has 0 aliphatic carbocycles. The van der Waals surface area contributed by atoms with Crippen molar-refractivity contribution in [3.05, 3.63) is 63.1 Å². The van der Waals surface area contributed by atoms with Gasteiger partial charge in [0.15, 0.2) is 0 Å². The van der Waals surface area contributed by atoms with Gasteiger partial charge in [0.1, 0.15) is 6.04 Å². The molecule has 2 aromatic carbocycles.